The fourth-order valence-electron chi connectivity index (χ4n) is 2.62. The Hall–Kier alpha value is -0.0400. The standard InChI is InChI=1S/C11H21N/c1-9-7-12-8-11(9,2)6-10-4-3-5-10/h9-10,12H,3-8H2,1-2H3. The molecule has 0 spiro atoms. The van der Waals surface area contributed by atoms with Gasteiger partial charge in [0.1, 0.15) is 0 Å². The highest BCUT2D eigenvalue weighted by molar-refractivity contribution is 4.92. The van der Waals surface area contributed by atoms with Crippen molar-refractivity contribution in [2.24, 2.45) is 17.3 Å². The van der Waals surface area contributed by atoms with Gasteiger partial charge in [0.2, 0.25) is 0 Å². The average molecular weight is 167 g/mol. The van der Waals surface area contributed by atoms with Crippen molar-refractivity contribution in [2.45, 2.75) is 39.5 Å². The zero-order valence-electron chi connectivity index (χ0n) is 8.40. The summed E-state index contributed by atoms with van der Waals surface area (Å²) in [7, 11) is 0. The Balaban J connectivity index is 1.90. The van der Waals surface area contributed by atoms with E-state index < -0.39 is 0 Å². The number of rotatable bonds is 2. The predicted octanol–water partition coefficient (Wildman–Crippen LogP) is 2.42. The van der Waals surface area contributed by atoms with E-state index in [-0.39, 0.29) is 0 Å². The Morgan fingerprint density at radius 3 is 2.58 bits per heavy atom. The highest BCUT2D eigenvalue weighted by Crippen LogP contribution is 2.42. The second-order valence-electron chi connectivity index (χ2n) is 5.19. The van der Waals surface area contributed by atoms with E-state index in [0.717, 1.165) is 11.8 Å². The van der Waals surface area contributed by atoms with Crippen LogP contribution in [-0.2, 0) is 0 Å². The van der Waals surface area contributed by atoms with Gasteiger partial charge in [-0.3, -0.25) is 0 Å². The number of hydrogen-bond donors (Lipinski definition) is 1. The molecule has 0 aromatic heterocycles. The Labute approximate surface area is 75.9 Å². The topological polar surface area (TPSA) is 12.0 Å². The van der Waals surface area contributed by atoms with Crippen molar-refractivity contribution in [3.63, 3.8) is 0 Å². The largest absolute Gasteiger partial charge is 0.316 e. The van der Waals surface area contributed by atoms with Gasteiger partial charge in [-0.2, -0.15) is 0 Å². The summed E-state index contributed by atoms with van der Waals surface area (Å²) in [6, 6.07) is 0. The molecule has 1 nitrogen and oxygen atoms in total. The van der Waals surface area contributed by atoms with Crippen LogP contribution in [0.4, 0.5) is 0 Å². The van der Waals surface area contributed by atoms with Crippen LogP contribution in [0.25, 0.3) is 0 Å². The van der Waals surface area contributed by atoms with Crippen molar-refractivity contribution >= 4 is 0 Å². The maximum Gasteiger partial charge on any atom is 0.000841 e. The molecule has 12 heavy (non-hydrogen) atoms. The summed E-state index contributed by atoms with van der Waals surface area (Å²) in [6.07, 6.45) is 5.97. The average Bonchev–Trinajstić information content (AvgIpc) is 2.26. The molecule has 2 atom stereocenters. The van der Waals surface area contributed by atoms with Crippen LogP contribution in [0.5, 0.6) is 0 Å². The lowest BCUT2D eigenvalue weighted by Gasteiger charge is -2.36. The van der Waals surface area contributed by atoms with Crippen molar-refractivity contribution in [1.29, 1.82) is 0 Å². The lowest BCUT2D eigenvalue weighted by molar-refractivity contribution is 0.155. The van der Waals surface area contributed by atoms with Gasteiger partial charge in [-0.15, -0.1) is 0 Å². The summed E-state index contributed by atoms with van der Waals surface area (Å²) in [5.74, 6) is 1.95. The molecule has 0 aromatic carbocycles. The van der Waals surface area contributed by atoms with Gasteiger partial charge in [0.05, 0.1) is 0 Å². The van der Waals surface area contributed by atoms with E-state index in [2.05, 4.69) is 19.2 Å². The monoisotopic (exact) mass is 167 g/mol. The third-order valence-corrected chi connectivity index (χ3v) is 4.15. The van der Waals surface area contributed by atoms with Crippen LogP contribution < -0.4 is 5.32 Å². The van der Waals surface area contributed by atoms with Crippen LogP contribution in [0.2, 0.25) is 0 Å². The summed E-state index contributed by atoms with van der Waals surface area (Å²) in [6.45, 7) is 7.36. The number of nitrogens with one attached hydrogen (secondary N) is 1. The molecule has 1 saturated carbocycles. The molecule has 1 saturated heterocycles. The molecule has 2 fully saturated rings. The minimum absolute atomic E-state index is 0.616. The van der Waals surface area contributed by atoms with Crippen molar-refractivity contribution in [1.82, 2.24) is 5.32 Å². The van der Waals surface area contributed by atoms with Crippen LogP contribution in [0.15, 0.2) is 0 Å². The summed E-state index contributed by atoms with van der Waals surface area (Å²) >= 11 is 0. The van der Waals surface area contributed by atoms with E-state index >= 15 is 0 Å². The van der Waals surface area contributed by atoms with Crippen molar-refractivity contribution < 1.29 is 0 Å². The molecule has 1 N–H and O–H groups in total. The van der Waals surface area contributed by atoms with Gasteiger partial charge in [-0.1, -0.05) is 33.1 Å². The second-order valence-corrected chi connectivity index (χ2v) is 5.19. The Morgan fingerprint density at radius 1 is 1.42 bits per heavy atom. The summed E-state index contributed by atoms with van der Waals surface area (Å²) in [4.78, 5) is 0. The van der Waals surface area contributed by atoms with Crippen molar-refractivity contribution in [3.8, 4) is 0 Å². The molecule has 1 heterocycles. The first-order valence-electron chi connectivity index (χ1n) is 5.41. The molecule has 1 aliphatic carbocycles. The van der Waals surface area contributed by atoms with E-state index in [1.54, 1.807) is 0 Å². The molecular formula is C11H21N. The SMILES string of the molecule is CC1CNCC1(C)CC1CCC1. The van der Waals surface area contributed by atoms with Crippen LogP contribution in [0.1, 0.15) is 39.5 Å². The van der Waals surface area contributed by atoms with Gasteiger partial charge in [0, 0.05) is 6.54 Å². The normalized spacial score (nSPS) is 43.0. The van der Waals surface area contributed by atoms with Crippen LogP contribution in [-0.4, -0.2) is 13.1 Å². The molecule has 0 bridgehead atoms. The minimum Gasteiger partial charge on any atom is -0.316 e. The van der Waals surface area contributed by atoms with Gasteiger partial charge in [-0.05, 0) is 30.2 Å². The van der Waals surface area contributed by atoms with Crippen LogP contribution >= 0.6 is 0 Å². The van der Waals surface area contributed by atoms with Gasteiger partial charge in [0.15, 0.2) is 0 Å². The summed E-state index contributed by atoms with van der Waals surface area (Å²) < 4.78 is 0. The lowest BCUT2D eigenvalue weighted by atomic mass is 9.69. The molecule has 2 rings (SSSR count). The fourth-order valence-corrected chi connectivity index (χ4v) is 2.62. The molecule has 0 aromatic rings. The Morgan fingerprint density at radius 2 is 2.17 bits per heavy atom. The van der Waals surface area contributed by atoms with Gasteiger partial charge >= 0.3 is 0 Å². The fraction of sp³-hybridized carbons (Fsp3) is 1.00. The molecule has 2 aliphatic rings. The van der Waals surface area contributed by atoms with Gasteiger partial charge < -0.3 is 5.32 Å². The minimum atomic E-state index is 0.616. The molecule has 70 valence electrons. The van der Waals surface area contributed by atoms with Gasteiger partial charge in [-0.25, -0.2) is 0 Å². The first-order chi connectivity index (χ1) is 5.71. The van der Waals surface area contributed by atoms with E-state index in [0.29, 0.717) is 5.41 Å². The predicted molar refractivity (Wildman–Crippen MR) is 52.1 cm³/mol. The zero-order valence-corrected chi connectivity index (χ0v) is 8.40. The summed E-state index contributed by atoms with van der Waals surface area (Å²) in [5, 5.41) is 3.52. The van der Waals surface area contributed by atoms with Crippen molar-refractivity contribution in [2.75, 3.05) is 13.1 Å². The Bertz CT molecular complexity index is 162. The number of hydrogen-bond acceptors (Lipinski definition) is 1. The third-order valence-electron chi connectivity index (χ3n) is 4.15. The van der Waals surface area contributed by atoms with Crippen LogP contribution in [0.3, 0.4) is 0 Å². The highest BCUT2D eigenvalue weighted by atomic mass is 14.9. The van der Waals surface area contributed by atoms with Gasteiger partial charge in [0.25, 0.3) is 0 Å². The maximum atomic E-state index is 3.52. The quantitative estimate of drug-likeness (QED) is 0.666. The summed E-state index contributed by atoms with van der Waals surface area (Å²) in [5.41, 5.74) is 0.616. The zero-order chi connectivity index (χ0) is 8.60. The molecule has 1 aliphatic heterocycles. The maximum absolute atomic E-state index is 3.52. The second kappa shape index (κ2) is 3.02. The van der Waals surface area contributed by atoms with Crippen LogP contribution in [0, 0.1) is 17.3 Å². The third kappa shape index (κ3) is 1.39. The van der Waals surface area contributed by atoms with E-state index in [1.807, 2.05) is 0 Å². The molecule has 0 amide bonds. The molecule has 0 radical (unpaired) electrons. The first-order valence-corrected chi connectivity index (χ1v) is 5.41. The highest BCUT2D eigenvalue weighted by Gasteiger charge is 2.38. The first kappa shape index (κ1) is 8.55. The van der Waals surface area contributed by atoms with E-state index in [4.69, 9.17) is 0 Å². The van der Waals surface area contributed by atoms with E-state index in [1.165, 1.54) is 38.8 Å². The van der Waals surface area contributed by atoms with Crippen molar-refractivity contribution in [3.05, 3.63) is 0 Å². The van der Waals surface area contributed by atoms with E-state index in [9.17, 15) is 0 Å². The molecule has 1 heteroatoms. The lowest BCUT2D eigenvalue weighted by Crippen LogP contribution is -2.30. The smallest absolute Gasteiger partial charge is 0.000841 e. The molecule has 2 unspecified atom stereocenters. The Kier molecular flexibility index (Phi) is 2.16. The molecular weight excluding hydrogens is 146 g/mol.